The molecule has 0 bridgehead atoms. The summed E-state index contributed by atoms with van der Waals surface area (Å²) in [5.41, 5.74) is 3.13. The van der Waals surface area contributed by atoms with Crippen molar-refractivity contribution >= 4 is 5.78 Å². The molecule has 1 heterocycles. The average Bonchev–Trinajstić information content (AvgIpc) is 2.67. The maximum atomic E-state index is 12.2. The van der Waals surface area contributed by atoms with Crippen LogP contribution >= 0.6 is 0 Å². The Kier molecular flexibility index (Phi) is 5.78. The van der Waals surface area contributed by atoms with Crippen LogP contribution in [-0.2, 0) is 15.9 Å². The van der Waals surface area contributed by atoms with Gasteiger partial charge in [0.2, 0.25) is 0 Å². The van der Waals surface area contributed by atoms with E-state index in [-0.39, 0.29) is 18.2 Å². The number of rotatable bonds is 6. The van der Waals surface area contributed by atoms with Crippen LogP contribution in [0.1, 0.15) is 54.0 Å². The van der Waals surface area contributed by atoms with Gasteiger partial charge in [0.25, 0.3) is 0 Å². The largest absolute Gasteiger partial charge is 0.348 e. The van der Waals surface area contributed by atoms with Crippen molar-refractivity contribution in [3.05, 3.63) is 71.3 Å². The summed E-state index contributed by atoms with van der Waals surface area (Å²) in [6.07, 6.45) is 2.86. The van der Waals surface area contributed by atoms with Crippen molar-refractivity contribution in [2.75, 3.05) is 6.61 Å². The molecule has 3 heteroatoms. The molecule has 2 atom stereocenters. The molecule has 1 fully saturated rings. The normalized spacial score (nSPS) is 20.7. The van der Waals surface area contributed by atoms with Crippen molar-refractivity contribution in [2.24, 2.45) is 0 Å². The molecule has 1 aliphatic rings. The third kappa shape index (κ3) is 4.31. The Morgan fingerprint density at radius 3 is 2.54 bits per heavy atom. The molecule has 0 aromatic heterocycles. The fourth-order valence-corrected chi connectivity index (χ4v) is 2.95. The summed E-state index contributed by atoms with van der Waals surface area (Å²) < 4.78 is 11.8. The number of benzene rings is 2. The van der Waals surface area contributed by atoms with Crippen molar-refractivity contribution in [3.8, 4) is 0 Å². The van der Waals surface area contributed by atoms with Crippen LogP contribution in [0.15, 0.2) is 54.6 Å². The molecule has 2 aromatic carbocycles. The minimum absolute atomic E-state index is 0.0715. The van der Waals surface area contributed by atoms with Gasteiger partial charge in [0.05, 0.1) is 12.7 Å². The van der Waals surface area contributed by atoms with Gasteiger partial charge in [0, 0.05) is 17.5 Å². The summed E-state index contributed by atoms with van der Waals surface area (Å²) in [7, 11) is 0. The topological polar surface area (TPSA) is 35.5 Å². The molecule has 1 saturated heterocycles. The van der Waals surface area contributed by atoms with E-state index >= 15 is 0 Å². The number of ketones is 1. The Hall–Kier alpha value is -1.97. The van der Waals surface area contributed by atoms with E-state index < -0.39 is 0 Å². The fraction of sp³-hybridized carbons (Fsp3) is 0.381. The lowest BCUT2D eigenvalue weighted by molar-refractivity contribution is -0.218. The summed E-state index contributed by atoms with van der Waals surface area (Å²) in [5.74, 6) is 0.176. The van der Waals surface area contributed by atoms with E-state index in [2.05, 4.69) is 31.2 Å². The second-order valence-electron chi connectivity index (χ2n) is 6.17. The van der Waals surface area contributed by atoms with Crippen LogP contribution in [-0.4, -0.2) is 18.5 Å². The van der Waals surface area contributed by atoms with E-state index in [1.807, 2.05) is 30.3 Å². The highest BCUT2D eigenvalue weighted by Gasteiger charge is 2.24. The molecule has 0 N–H and O–H groups in total. The van der Waals surface area contributed by atoms with Gasteiger partial charge in [-0.3, -0.25) is 4.79 Å². The Labute approximate surface area is 143 Å². The summed E-state index contributed by atoms with van der Waals surface area (Å²) >= 11 is 0. The predicted molar refractivity (Wildman–Crippen MR) is 94.0 cm³/mol. The van der Waals surface area contributed by atoms with Gasteiger partial charge in [-0.05, 0) is 24.8 Å². The van der Waals surface area contributed by atoms with E-state index in [0.717, 1.165) is 30.4 Å². The van der Waals surface area contributed by atoms with Gasteiger partial charge >= 0.3 is 0 Å². The summed E-state index contributed by atoms with van der Waals surface area (Å²) in [6, 6.07) is 17.8. The van der Waals surface area contributed by atoms with Gasteiger partial charge in [-0.25, -0.2) is 0 Å². The molecular weight excluding hydrogens is 300 g/mol. The van der Waals surface area contributed by atoms with Crippen LogP contribution in [0.5, 0.6) is 0 Å². The fourth-order valence-electron chi connectivity index (χ4n) is 2.95. The van der Waals surface area contributed by atoms with Crippen molar-refractivity contribution in [1.82, 2.24) is 0 Å². The van der Waals surface area contributed by atoms with Gasteiger partial charge < -0.3 is 9.47 Å². The van der Waals surface area contributed by atoms with E-state index in [0.29, 0.717) is 13.0 Å². The number of ether oxygens (including phenoxy) is 2. The lowest BCUT2D eigenvalue weighted by Crippen LogP contribution is -2.27. The molecule has 126 valence electrons. The molecule has 24 heavy (non-hydrogen) atoms. The van der Waals surface area contributed by atoms with Crippen molar-refractivity contribution in [1.29, 1.82) is 0 Å². The van der Waals surface area contributed by atoms with E-state index in [1.54, 1.807) is 0 Å². The summed E-state index contributed by atoms with van der Waals surface area (Å²) in [6.45, 7) is 2.81. The van der Waals surface area contributed by atoms with E-state index in [4.69, 9.17) is 9.47 Å². The minimum Gasteiger partial charge on any atom is -0.348 e. The molecule has 0 amide bonds. The van der Waals surface area contributed by atoms with Gasteiger partial charge in [0.15, 0.2) is 12.1 Å². The zero-order valence-corrected chi connectivity index (χ0v) is 14.1. The van der Waals surface area contributed by atoms with Crippen LogP contribution in [0.4, 0.5) is 0 Å². The van der Waals surface area contributed by atoms with Crippen LogP contribution in [0.2, 0.25) is 0 Å². The number of Topliss-reactive ketones (excluding diaryl/α,β-unsaturated/α-hetero) is 1. The van der Waals surface area contributed by atoms with Gasteiger partial charge in [-0.1, -0.05) is 61.5 Å². The third-order valence-corrected chi connectivity index (χ3v) is 4.47. The molecule has 0 radical (unpaired) electrons. The molecule has 0 saturated carbocycles. The first-order valence-corrected chi connectivity index (χ1v) is 8.70. The smallest absolute Gasteiger partial charge is 0.184 e. The van der Waals surface area contributed by atoms with Crippen LogP contribution in [0.25, 0.3) is 0 Å². The van der Waals surface area contributed by atoms with Crippen molar-refractivity contribution < 1.29 is 14.3 Å². The molecule has 1 aliphatic heterocycles. The average molecular weight is 324 g/mol. The quantitative estimate of drug-likeness (QED) is 0.722. The number of hydrogen-bond donors (Lipinski definition) is 0. The van der Waals surface area contributed by atoms with E-state index in [1.165, 1.54) is 5.56 Å². The summed E-state index contributed by atoms with van der Waals surface area (Å²) in [4.78, 5) is 12.2. The lowest BCUT2D eigenvalue weighted by Gasteiger charge is -2.30. The maximum Gasteiger partial charge on any atom is 0.184 e. The number of carbonyl (C=O) groups excluding carboxylic acids is 1. The SMILES string of the molecule is CCc1ccc([C@@H]2OCC[C@H](CCC(=O)c3ccccc3)O2)cc1. The van der Waals surface area contributed by atoms with Crippen LogP contribution < -0.4 is 0 Å². The third-order valence-electron chi connectivity index (χ3n) is 4.47. The number of hydrogen-bond acceptors (Lipinski definition) is 3. The van der Waals surface area contributed by atoms with Crippen molar-refractivity contribution in [3.63, 3.8) is 0 Å². The number of aryl methyl sites for hydroxylation is 1. The van der Waals surface area contributed by atoms with Gasteiger partial charge in [-0.2, -0.15) is 0 Å². The molecule has 0 aliphatic carbocycles. The second-order valence-corrected chi connectivity index (χ2v) is 6.17. The molecule has 3 nitrogen and oxygen atoms in total. The first kappa shape index (κ1) is 16.9. The molecule has 0 spiro atoms. The lowest BCUT2D eigenvalue weighted by atomic mass is 10.0. The molecule has 3 rings (SSSR count). The van der Waals surface area contributed by atoms with Crippen LogP contribution in [0, 0.1) is 0 Å². The Balaban J connectivity index is 1.54. The van der Waals surface area contributed by atoms with Crippen molar-refractivity contribution in [2.45, 2.75) is 45.0 Å². The first-order valence-electron chi connectivity index (χ1n) is 8.70. The Morgan fingerprint density at radius 1 is 1.08 bits per heavy atom. The van der Waals surface area contributed by atoms with Gasteiger partial charge in [0.1, 0.15) is 0 Å². The maximum absolute atomic E-state index is 12.2. The zero-order valence-electron chi connectivity index (χ0n) is 14.1. The zero-order chi connectivity index (χ0) is 16.8. The molecular formula is C21H24O3. The van der Waals surface area contributed by atoms with Gasteiger partial charge in [-0.15, -0.1) is 0 Å². The highest BCUT2D eigenvalue weighted by molar-refractivity contribution is 5.95. The standard InChI is InChI=1S/C21H24O3/c1-2-16-8-10-18(11-9-16)21-23-15-14-19(24-21)12-13-20(22)17-6-4-3-5-7-17/h3-11,19,21H,2,12-15H2,1H3/t19-,21+/m0/s1. The van der Waals surface area contributed by atoms with E-state index in [9.17, 15) is 4.79 Å². The Morgan fingerprint density at radius 2 is 1.83 bits per heavy atom. The first-order chi connectivity index (χ1) is 11.8. The Bertz CT molecular complexity index is 649. The van der Waals surface area contributed by atoms with Crippen LogP contribution in [0.3, 0.4) is 0 Å². The second kappa shape index (κ2) is 8.22. The number of carbonyl (C=O) groups is 1. The molecule has 0 unspecified atom stereocenters. The monoisotopic (exact) mass is 324 g/mol. The highest BCUT2D eigenvalue weighted by atomic mass is 16.7. The summed E-state index contributed by atoms with van der Waals surface area (Å²) in [5, 5.41) is 0. The predicted octanol–water partition coefficient (Wildman–Crippen LogP) is 4.72. The molecule has 2 aromatic rings. The highest BCUT2D eigenvalue weighted by Crippen LogP contribution is 2.28. The minimum atomic E-state index is -0.318.